The lowest BCUT2D eigenvalue weighted by Crippen LogP contribution is -2.47. The second kappa shape index (κ2) is 6.77. The monoisotopic (exact) mass is 328 g/mol. The predicted octanol–water partition coefficient (Wildman–Crippen LogP) is 2.78. The number of nitrogens with zero attached hydrogens (tertiary/aromatic N) is 1. The van der Waals surface area contributed by atoms with Gasteiger partial charge in [0.1, 0.15) is 0 Å². The molecule has 1 aromatic heterocycles. The second-order valence-electron chi connectivity index (χ2n) is 6.23. The SMILES string of the molecule is O=S(=O)(NC1CCCC1)N1CCC(Cc2cccs2)CC1. The standard InChI is InChI=1S/C15H24N2O2S2/c18-21(19,16-14-4-1-2-5-14)17-9-7-13(8-10-17)12-15-6-3-11-20-15/h3,6,11,13-14,16H,1-2,4-5,7-10,12H2. The zero-order chi connectivity index (χ0) is 14.7. The molecule has 1 aliphatic carbocycles. The molecule has 0 amide bonds. The highest BCUT2D eigenvalue weighted by molar-refractivity contribution is 7.87. The molecular formula is C15H24N2O2S2. The van der Waals surface area contributed by atoms with Crippen LogP contribution in [0.15, 0.2) is 17.5 Å². The molecule has 1 saturated heterocycles. The zero-order valence-corrected chi connectivity index (χ0v) is 14.0. The molecule has 0 unspecified atom stereocenters. The Hall–Kier alpha value is -0.430. The van der Waals surface area contributed by atoms with Gasteiger partial charge in [0.15, 0.2) is 0 Å². The molecule has 1 aliphatic heterocycles. The number of rotatable bonds is 5. The molecule has 0 bridgehead atoms. The summed E-state index contributed by atoms with van der Waals surface area (Å²) in [6.07, 6.45) is 7.34. The fourth-order valence-corrected chi connectivity index (χ4v) is 5.71. The molecule has 6 heteroatoms. The van der Waals surface area contributed by atoms with Crippen LogP contribution in [0.3, 0.4) is 0 Å². The average molecular weight is 329 g/mol. The summed E-state index contributed by atoms with van der Waals surface area (Å²) < 4.78 is 29.3. The van der Waals surface area contributed by atoms with Crippen molar-refractivity contribution in [2.45, 2.75) is 51.0 Å². The minimum atomic E-state index is -3.27. The van der Waals surface area contributed by atoms with Gasteiger partial charge in [0.25, 0.3) is 10.2 Å². The first-order chi connectivity index (χ1) is 10.1. The number of hydrogen-bond acceptors (Lipinski definition) is 3. The van der Waals surface area contributed by atoms with Crippen molar-refractivity contribution in [3.63, 3.8) is 0 Å². The minimum Gasteiger partial charge on any atom is -0.199 e. The van der Waals surface area contributed by atoms with Crippen LogP contribution in [0.4, 0.5) is 0 Å². The smallest absolute Gasteiger partial charge is 0.199 e. The van der Waals surface area contributed by atoms with Gasteiger partial charge in [-0.25, -0.2) is 0 Å². The largest absolute Gasteiger partial charge is 0.279 e. The van der Waals surface area contributed by atoms with Crippen LogP contribution in [0.2, 0.25) is 0 Å². The maximum Gasteiger partial charge on any atom is 0.279 e. The van der Waals surface area contributed by atoms with Crippen molar-refractivity contribution in [2.75, 3.05) is 13.1 Å². The van der Waals surface area contributed by atoms with Crippen LogP contribution in [0.1, 0.15) is 43.4 Å². The van der Waals surface area contributed by atoms with Gasteiger partial charge in [-0.1, -0.05) is 18.9 Å². The predicted molar refractivity (Wildman–Crippen MR) is 86.6 cm³/mol. The minimum absolute atomic E-state index is 0.166. The van der Waals surface area contributed by atoms with E-state index >= 15 is 0 Å². The topological polar surface area (TPSA) is 49.4 Å². The molecule has 1 N–H and O–H groups in total. The summed E-state index contributed by atoms with van der Waals surface area (Å²) in [5.41, 5.74) is 0. The summed E-state index contributed by atoms with van der Waals surface area (Å²) in [5, 5.41) is 2.11. The molecule has 2 fully saturated rings. The summed E-state index contributed by atoms with van der Waals surface area (Å²) in [4.78, 5) is 1.42. The van der Waals surface area contributed by atoms with E-state index in [1.807, 2.05) is 0 Å². The van der Waals surface area contributed by atoms with Crippen molar-refractivity contribution in [3.05, 3.63) is 22.4 Å². The van der Waals surface area contributed by atoms with Crippen LogP contribution < -0.4 is 4.72 Å². The highest BCUT2D eigenvalue weighted by atomic mass is 32.2. The molecule has 1 aromatic rings. The summed E-state index contributed by atoms with van der Waals surface area (Å²) in [7, 11) is -3.27. The van der Waals surface area contributed by atoms with Gasteiger partial charge in [0.05, 0.1) is 0 Å². The molecular weight excluding hydrogens is 304 g/mol. The van der Waals surface area contributed by atoms with E-state index in [1.165, 1.54) is 4.88 Å². The Bertz CT molecular complexity index is 528. The Kier molecular flexibility index (Phi) is 4.99. The van der Waals surface area contributed by atoms with Crippen LogP contribution in [0.5, 0.6) is 0 Å². The first kappa shape index (κ1) is 15.5. The van der Waals surface area contributed by atoms with Gasteiger partial charge in [-0.3, -0.25) is 0 Å². The Morgan fingerprint density at radius 3 is 2.52 bits per heavy atom. The Morgan fingerprint density at radius 1 is 1.19 bits per heavy atom. The van der Waals surface area contributed by atoms with E-state index in [-0.39, 0.29) is 6.04 Å². The highest BCUT2D eigenvalue weighted by Gasteiger charge is 2.30. The van der Waals surface area contributed by atoms with Crippen LogP contribution in [-0.2, 0) is 16.6 Å². The van der Waals surface area contributed by atoms with Gasteiger partial charge in [-0.15, -0.1) is 11.3 Å². The van der Waals surface area contributed by atoms with E-state index < -0.39 is 10.2 Å². The molecule has 4 nitrogen and oxygen atoms in total. The second-order valence-corrected chi connectivity index (χ2v) is 8.96. The Labute approximate surface area is 131 Å². The van der Waals surface area contributed by atoms with E-state index in [0.717, 1.165) is 44.9 Å². The van der Waals surface area contributed by atoms with Crippen LogP contribution >= 0.6 is 11.3 Å². The van der Waals surface area contributed by atoms with Crippen LogP contribution in [0, 0.1) is 5.92 Å². The maximum absolute atomic E-state index is 12.4. The quantitative estimate of drug-likeness (QED) is 0.903. The number of thiophene rings is 1. The molecule has 0 radical (unpaired) electrons. The number of nitrogens with one attached hydrogen (secondary N) is 1. The fraction of sp³-hybridized carbons (Fsp3) is 0.733. The van der Waals surface area contributed by atoms with Crippen LogP contribution in [-0.4, -0.2) is 31.9 Å². The molecule has 0 spiro atoms. The van der Waals surface area contributed by atoms with Crippen molar-refractivity contribution < 1.29 is 8.42 Å². The van der Waals surface area contributed by atoms with Gasteiger partial charge in [-0.2, -0.15) is 17.4 Å². The van der Waals surface area contributed by atoms with Gasteiger partial charge in [0.2, 0.25) is 0 Å². The zero-order valence-electron chi connectivity index (χ0n) is 12.3. The molecule has 0 aromatic carbocycles. The van der Waals surface area contributed by atoms with Crippen molar-refractivity contribution >= 4 is 21.5 Å². The Balaban J connectivity index is 1.50. The fourth-order valence-electron chi connectivity index (χ4n) is 3.40. The van der Waals surface area contributed by atoms with Crippen molar-refractivity contribution in [1.29, 1.82) is 0 Å². The molecule has 3 rings (SSSR count). The molecule has 118 valence electrons. The third-order valence-corrected chi connectivity index (χ3v) is 7.23. The summed E-state index contributed by atoms with van der Waals surface area (Å²) in [5.74, 6) is 0.626. The molecule has 2 heterocycles. The highest BCUT2D eigenvalue weighted by Crippen LogP contribution is 2.26. The summed E-state index contributed by atoms with van der Waals surface area (Å²) in [6, 6.07) is 4.43. The van der Waals surface area contributed by atoms with E-state index in [2.05, 4.69) is 22.2 Å². The average Bonchev–Trinajstić information content (AvgIpc) is 3.13. The van der Waals surface area contributed by atoms with Gasteiger partial charge < -0.3 is 0 Å². The maximum atomic E-state index is 12.4. The third-order valence-electron chi connectivity index (χ3n) is 4.65. The molecule has 2 aliphatic rings. The molecule has 1 saturated carbocycles. The normalized spacial score (nSPS) is 22.9. The lowest BCUT2D eigenvalue weighted by Gasteiger charge is -2.31. The molecule has 21 heavy (non-hydrogen) atoms. The number of piperidine rings is 1. The van der Waals surface area contributed by atoms with E-state index in [4.69, 9.17) is 0 Å². The van der Waals surface area contributed by atoms with Crippen molar-refractivity contribution in [1.82, 2.24) is 9.03 Å². The molecule has 0 atom stereocenters. The lowest BCUT2D eigenvalue weighted by molar-refractivity contribution is 0.269. The van der Waals surface area contributed by atoms with Gasteiger partial charge >= 0.3 is 0 Å². The first-order valence-electron chi connectivity index (χ1n) is 7.93. The van der Waals surface area contributed by atoms with Crippen molar-refractivity contribution in [2.24, 2.45) is 5.92 Å². The van der Waals surface area contributed by atoms with Gasteiger partial charge in [-0.05, 0) is 49.5 Å². The van der Waals surface area contributed by atoms with Crippen LogP contribution in [0.25, 0.3) is 0 Å². The van der Waals surface area contributed by atoms with E-state index in [9.17, 15) is 8.42 Å². The Morgan fingerprint density at radius 2 is 1.90 bits per heavy atom. The first-order valence-corrected chi connectivity index (χ1v) is 10.3. The summed E-state index contributed by atoms with van der Waals surface area (Å²) in [6.45, 7) is 1.33. The third kappa shape index (κ3) is 4.06. The van der Waals surface area contributed by atoms with Crippen molar-refractivity contribution in [3.8, 4) is 0 Å². The summed E-state index contributed by atoms with van der Waals surface area (Å²) >= 11 is 1.80. The van der Waals surface area contributed by atoms with E-state index in [1.54, 1.807) is 15.6 Å². The number of hydrogen-bond donors (Lipinski definition) is 1. The lowest BCUT2D eigenvalue weighted by atomic mass is 9.94. The van der Waals surface area contributed by atoms with E-state index in [0.29, 0.717) is 19.0 Å². The van der Waals surface area contributed by atoms with Gasteiger partial charge in [0, 0.05) is 24.0 Å².